The number of benzene rings is 1. The number of amides is 1. The highest BCUT2D eigenvalue weighted by Crippen LogP contribution is 2.47. The minimum absolute atomic E-state index is 0.169. The summed E-state index contributed by atoms with van der Waals surface area (Å²) in [6.07, 6.45) is 1.29. The molecule has 1 saturated heterocycles. The van der Waals surface area contributed by atoms with Crippen molar-refractivity contribution in [2.75, 3.05) is 18.4 Å². The van der Waals surface area contributed by atoms with E-state index in [0.717, 1.165) is 18.8 Å². The summed E-state index contributed by atoms with van der Waals surface area (Å²) in [5.41, 5.74) is 2.13. The monoisotopic (exact) mass is 275 g/mol. The molecule has 2 unspecified atom stereocenters. The molecule has 0 spiro atoms. The summed E-state index contributed by atoms with van der Waals surface area (Å²) in [6, 6.07) is 7.02. The fourth-order valence-electron chi connectivity index (χ4n) is 2.59. The summed E-state index contributed by atoms with van der Waals surface area (Å²) in [5, 5.41) is 6.28. The van der Waals surface area contributed by atoms with E-state index in [-0.39, 0.29) is 5.91 Å². The van der Waals surface area contributed by atoms with Crippen molar-refractivity contribution in [3.8, 4) is 0 Å². The fourth-order valence-corrected chi connectivity index (χ4v) is 3.82. The Bertz CT molecular complexity index is 531. The summed E-state index contributed by atoms with van der Waals surface area (Å²) < 4.78 is 2.44. The van der Waals surface area contributed by atoms with Crippen molar-refractivity contribution in [2.45, 2.75) is 23.9 Å². The van der Waals surface area contributed by atoms with Gasteiger partial charge in [-0.15, -0.1) is 0 Å². The molecule has 4 nitrogen and oxygen atoms in total. The van der Waals surface area contributed by atoms with E-state index in [1.165, 1.54) is 16.5 Å². The third-order valence-electron chi connectivity index (χ3n) is 3.54. The number of nitrogens with zero attached hydrogens (tertiary/aromatic N) is 1. The number of nitrogens with one attached hydrogen (secondary N) is 2. The van der Waals surface area contributed by atoms with Crippen molar-refractivity contribution < 1.29 is 4.79 Å². The molecule has 19 heavy (non-hydrogen) atoms. The van der Waals surface area contributed by atoms with Gasteiger partial charge in [-0.05, 0) is 48.7 Å². The van der Waals surface area contributed by atoms with Gasteiger partial charge in [0.1, 0.15) is 0 Å². The highest BCUT2D eigenvalue weighted by molar-refractivity contribution is 7.97. The fraction of sp³-hybridized carbons (Fsp3) is 0.357. The first kappa shape index (κ1) is 12.7. The molecule has 2 heterocycles. The Labute approximate surface area is 117 Å². The third kappa shape index (κ3) is 2.29. The zero-order chi connectivity index (χ0) is 13.4. The van der Waals surface area contributed by atoms with Crippen LogP contribution in [0.3, 0.4) is 0 Å². The molecule has 1 amide bonds. The van der Waals surface area contributed by atoms with Gasteiger partial charge in [-0.1, -0.05) is 6.58 Å². The van der Waals surface area contributed by atoms with E-state index in [2.05, 4.69) is 40.6 Å². The van der Waals surface area contributed by atoms with Gasteiger partial charge in [0.15, 0.2) is 0 Å². The van der Waals surface area contributed by atoms with Crippen molar-refractivity contribution in [3.63, 3.8) is 0 Å². The van der Waals surface area contributed by atoms with Gasteiger partial charge in [0, 0.05) is 29.7 Å². The number of rotatable bonds is 2. The van der Waals surface area contributed by atoms with Crippen LogP contribution in [0, 0.1) is 0 Å². The van der Waals surface area contributed by atoms with Crippen molar-refractivity contribution in [1.29, 1.82) is 0 Å². The van der Waals surface area contributed by atoms with Gasteiger partial charge >= 0.3 is 0 Å². The first-order valence-electron chi connectivity index (χ1n) is 6.43. The van der Waals surface area contributed by atoms with Gasteiger partial charge in [-0.25, -0.2) is 4.31 Å². The molecule has 0 saturated carbocycles. The Morgan fingerprint density at radius 3 is 3.21 bits per heavy atom. The highest BCUT2D eigenvalue weighted by Gasteiger charge is 2.36. The van der Waals surface area contributed by atoms with E-state index in [1.807, 2.05) is 18.0 Å². The van der Waals surface area contributed by atoms with Crippen molar-refractivity contribution in [3.05, 3.63) is 36.4 Å². The van der Waals surface area contributed by atoms with Crippen molar-refractivity contribution >= 4 is 23.5 Å². The molecule has 0 aliphatic carbocycles. The summed E-state index contributed by atoms with van der Waals surface area (Å²) in [6.45, 7) is 7.69. The molecule has 2 atom stereocenters. The van der Waals surface area contributed by atoms with E-state index in [4.69, 9.17) is 0 Å². The quantitative estimate of drug-likeness (QED) is 0.641. The Hall–Kier alpha value is -1.30. The van der Waals surface area contributed by atoms with Crippen LogP contribution >= 0.6 is 11.9 Å². The normalized spacial score (nSPS) is 25.5. The second kappa shape index (κ2) is 5.00. The van der Waals surface area contributed by atoms with Crippen LogP contribution in [0.2, 0.25) is 0 Å². The van der Waals surface area contributed by atoms with Gasteiger partial charge < -0.3 is 10.6 Å². The predicted octanol–water partition coefficient (Wildman–Crippen LogP) is 2.17. The molecule has 5 heteroatoms. The number of hydrogen-bond donors (Lipinski definition) is 2. The first-order chi connectivity index (χ1) is 9.19. The number of hydrogen-bond acceptors (Lipinski definition) is 4. The zero-order valence-corrected chi connectivity index (χ0v) is 11.7. The second-order valence-corrected chi connectivity index (χ2v) is 5.96. The number of piperazine rings is 1. The maximum Gasteiger partial charge on any atom is 0.247 e. The maximum absolute atomic E-state index is 11.4. The molecule has 1 aromatic rings. The molecule has 100 valence electrons. The molecule has 1 fully saturated rings. The van der Waals surface area contributed by atoms with Crippen LogP contribution in [0.15, 0.2) is 35.7 Å². The SMILES string of the molecule is C=CC(=O)Nc1ccc2c(c1)C1CNCC(C)N1S2. The van der Waals surface area contributed by atoms with Gasteiger partial charge in [0.2, 0.25) is 5.91 Å². The number of carbonyl (C=O) groups is 1. The minimum Gasteiger partial charge on any atom is -0.323 e. The lowest BCUT2D eigenvalue weighted by atomic mass is 10.0. The third-order valence-corrected chi connectivity index (χ3v) is 4.94. The van der Waals surface area contributed by atoms with Crippen LogP contribution in [0.4, 0.5) is 5.69 Å². The topological polar surface area (TPSA) is 44.4 Å². The van der Waals surface area contributed by atoms with Crippen molar-refractivity contribution in [1.82, 2.24) is 9.62 Å². The van der Waals surface area contributed by atoms with Gasteiger partial charge in [-0.2, -0.15) is 0 Å². The maximum atomic E-state index is 11.4. The van der Waals surface area contributed by atoms with Crippen LogP contribution < -0.4 is 10.6 Å². The summed E-state index contributed by atoms with van der Waals surface area (Å²) >= 11 is 1.82. The molecule has 3 rings (SSSR count). The lowest BCUT2D eigenvalue weighted by Crippen LogP contribution is -2.46. The van der Waals surface area contributed by atoms with Crippen LogP contribution in [-0.4, -0.2) is 29.3 Å². The Morgan fingerprint density at radius 2 is 2.42 bits per heavy atom. The van der Waals surface area contributed by atoms with Gasteiger partial charge in [0.25, 0.3) is 0 Å². The van der Waals surface area contributed by atoms with E-state index < -0.39 is 0 Å². The average molecular weight is 275 g/mol. The Kier molecular flexibility index (Phi) is 3.35. The van der Waals surface area contributed by atoms with E-state index in [9.17, 15) is 4.79 Å². The molecular weight excluding hydrogens is 258 g/mol. The van der Waals surface area contributed by atoms with Crippen LogP contribution in [0.1, 0.15) is 18.5 Å². The van der Waals surface area contributed by atoms with Crippen LogP contribution in [0.5, 0.6) is 0 Å². The molecule has 2 N–H and O–H groups in total. The van der Waals surface area contributed by atoms with E-state index in [0.29, 0.717) is 12.1 Å². The van der Waals surface area contributed by atoms with Crippen molar-refractivity contribution in [2.24, 2.45) is 0 Å². The lowest BCUT2D eigenvalue weighted by Gasteiger charge is -2.35. The Morgan fingerprint density at radius 1 is 1.58 bits per heavy atom. The second-order valence-electron chi connectivity index (χ2n) is 4.92. The van der Waals surface area contributed by atoms with E-state index in [1.54, 1.807) is 0 Å². The molecule has 0 bridgehead atoms. The predicted molar refractivity (Wildman–Crippen MR) is 78.0 cm³/mol. The van der Waals surface area contributed by atoms with Gasteiger partial charge in [0.05, 0.1) is 6.04 Å². The number of fused-ring (bicyclic) bond motifs is 3. The number of anilines is 1. The molecule has 0 radical (unpaired) electrons. The standard InChI is InChI=1S/C14H17N3OS/c1-3-14(18)16-10-4-5-13-11(6-10)12-8-15-7-9(2)17(12)19-13/h3-6,9,12,15H,1,7-8H2,2H3,(H,16,18). The zero-order valence-electron chi connectivity index (χ0n) is 10.8. The summed E-state index contributed by atoms with van der Waals surface area (Å²) in [7, 11) is 0. The van der Waals surface area contributed by atoms with Crippen LogP contribution in [0.25, 0.3) is 0 Å². The molecular formula is C14H17N3OS. The molecule has 2 aliphatic heterocycles. The molecule has 0 aromatic heterocycles. The average Bonchev–Trinajstić information content (AvgIpc) is 2.78. The highest BCUT2D eigenvalue weighted by atomic mass is 32.2. The number of carbonyl (C=O) groups excluding carboxylic acids is 1. The largest absolute Gasteiger partial charge is 0.323 e. The smallest absolute Gasteiger partial charge is 0.247 e. The van der Waals surface area contributed by atoms with Crippen LogP contribution in [-0.2, 0) is 4.79 Å². The molecule has 1 aromatic carbocycles. The first-order valence-corrected chi connectivity index (χ1v) is 7.21. The molecule has 2 aliphatic rings. The van der Waals surface area contributed by atoms with Gasteiger partial charge in [-0.3, -0.25) is 4.79 Å². The summed E-state index contributed by atoms with van der Waals surface area (Å²) in [4.78, 5) is 12.6. The Balaban J connectivity index is 1.88. The van der Waals surface area contributed by atoms with E-state index >= 15 is 0 Å². The lowest BCUT2D eigenvalue weighted by molar-refractivity contribution is -0.111. The summed E-state index contributed by atoms with van der Waals surface area (Å²) in [5.74, 6) is -0.169. The minimum atomic E-state index is -0.169.